The molecule has 20 heavy (non-hydrogen) atoms. The maximum absolute atomic E-state index is 11.7. The van der Waals surface area contributed by atoms with E-state index in [-0.39, 0.29) is 0 Å². The van der Waals surface area contributed by atoms with Gasteiger partial charge in [0.2, 0.25) is 0 Å². The molecule has 0 radical (unpaired) electrons. The fourth-order valence-corrected chi connectivity index (χ4v) is 2.19. The summed E-state index contributed by atoms with van der Waals surface area (Å²) in [5.41, 5.74) is 0.0813. The Labute approximate surface area is 126 Å². The topological polar surface area (TPSA) is 75.6 Å². The molecule has 1 rings (SSSR count). The third-order valence-corrected chi connectivity index (χ3v) is 3.41. The number of halogens is 1. The average Bonchev–Trinajstić information content (AvgIpc) is 2.34. The summed E-state index contributed by atoms with van der Waals surface area (Å²) in [6, 6.07) is 7.89. The van der Waals surface area contributed by atoms with Crippen molar-refractivity contribution >= 4 is 28.0 Å². The van der Waals surface area contributed by atoms with Gasteiger partial charge in [-0.3, -0.25) is 0 Å². The zero-order valence-corrected chi connectivity index (χ0v) is 13.2. The van der Waals surface area contributed by atoms with E-state index in [0.29, 0.717) is 0 Å². The second-order valence-corrected chi connectivity index (χ2v) is 6.26. The highest BCUT2D eigenvalue weighted by Gasteiger charge is 2.30. The number of nitrogens with one attached hydrogen (secondary N) is 1. The van der Waals surface area contributed by atoms with Crippen molar-refractivity contribution in [1.29, 1.82) is 0 Å². The predicted molar refractivity (Wildman–Crippen MR) is 78.9 cm³/mol. The molecule has 0 aliphatic carbocycles. The van der Waals surface area contributed by atoms with Crippen molar-refractivity contribution in [3.8, 4) is 0 Å². The van der Waals surface area contributed by atoms with E-state index >= 15 is 0 Å². The van der Waals surface area contributed by atoms with Gasteiger partial charge in [-0.25, -0.2) is 9.59 Å². The molecule has 5 nitrogen and oxygen atoms in total. The molecule has 0 aliphatic rings. The van der Waals surface area contributed by atoms with Crippen LogP contribution in [0.15, 0.2) is 30.3 Å². The standard InChI is InChI=1S/C14H18BrNO4/c1-14(2,3)20-13(19)16-11(12(17)18)10(15)9-7-5-4-6-8-9/h4-8,10-11H,1-3H3,(H,16,19)(H,17,18)/t10?,11-/m1/s1. The summed E-state index contributed by atoms with van der Waals surface area (Å²) < 4.78 is 5.07. The van der Waals surface area contributed by atoms with Gasteiger partial charge in [-0.1, -0.05) is 46.3 Å². The number of alkyl halides is 1. The first kappa shape index (κ1) is 16.5. The molecule has 0 aliphatic heterocycles. The van der Waals surface area contributed by atoms with Gasteiger partial charge >= 0.3 is 12.1 Å². The minimum Gasteiger partial charge on any atom is -0.480 e. The van der Waals surface area contributed by atoms with Crippen LogP contribution in [-0.4, -0.2) is 28.8 Å². The Bertz CT molecular complexity index is 470. The molecular formula is C14H18BrNO4. The molecule has 2 N–H and O–H groups in total. The van der Waals surface area contributed by atoms with Crippen LogP contribution in [0.3, 0.4) is 0 Å². The maximum atomic E-state index is 11.7. The van der Waals surface area contributed by atoms with E-state index in [9.17, 15) is 14.7 Å². The number of carboxylic acids is 1. The molecule has 0 spiro atoms. The number of benzene rings is 1. The van der Waals surface area contributed by atoms with Crippen molar-refractivity contribution in [1.82, 2.24) is 5.32 Å². The zero-order valence-electron chi connectivity index (χ0n) is 11.6. The summed E-state index contributed by atoms with van der Waals surface area (Å²) in [4.78, 5) is 22.5. The van der Waals surface area contributed by atoms with Gasteiger partial charge in [0.15, 0.2) is 0 Å². The number of carbonyl (C=O) groups is 2. The van der Waals surface area contributed by atoms with Gasteiger partial charge in [0, 0.05) is 0 Å². The molecule has 1 aromatic rings. The van der Waals surface area contributed by atoms with E-state index in [0.717, 1.165) is 5.56 Å². The van der Waals surface area contributed by atoms with Gasteiger partial charge in [0.25, 0.3) is 0 Å². The molecule has 0 heterocycles. The van der Waals surface area contributed by atoms with Crippen molar-refractivity contribution in [2.75, 3.05) is 0 Å². The number of hydrogen-bond donors (Lipinski definition) is 2. The van der Waals surface area contributed by atoms with Crippen LogP contribution in [0.2, 0.25) is 0 Å². The van der Waals surface area contributed by atoms with Crippen LogP contribution in [0, 0.1) is 0 Å². The molecule has 1 aromatic carbocycles. The Morgan fingerprint density at radius 1 is 1.25 bits per heavy atom. The zero-order chi connectivity index (χ0) is 15.3. The molecule has 110 valence electrons. The number of rotatable bonds is 4. The summed E-state index contributed by atoms with van der Waals surface area (Å²) >= 11 is 3.31. The number of aliphatic carboxylic acids is 1. The number of ether oxygens (including phenoxy) is 1. The molecule has 0 bridgehead atoms. The van der Waals surface area contributed by atoms with Crippen LogP contribution in [0.5, 0.6) is 0 Å². The van der Waals surface area contributed by atoms with E-state index in [2.05, 4.69) is 21.2 Å². The highest BCUT2D eigenvalue weighted by Crippen LogP contribution is 2.26. The Hall–Kier alpha value is -1.56. The Kier molecular flexibility index (Phi) is 5.56. The monoisotopic (exact) mass is 343 g/mol. The van der Waals surface area contributed by atoms with Crippen molar-refractivity contribution in [2.45, 2.75) is 37.2 Å². The maximum Gasteiger partial charge on any atom is 0.408 e. The van der Waals surface area contributed by atoms with Crippen LogP contribution in [-0.2, 0) is 9.53 Å². The lowest BCUT2D eigenvalue weighted by atomic mass is 10.1. The van der Waals surface area contributed by atoms with Crippen molar-refractivity contribution in [3.05, 3.63) is 35.9 Å². The van der Waals surface area contributed by atoms with Crippen molar-refractivity contribution < 1.29 is 19.4 Å². The Morgan fingerprint density at radius 2 is 1.80 bits per heavy atom. The summed E-state index contributed by atoms with van der Waals surface area (Å²) in [6.07, 6.45) is -0.759. The normalized spacial score (nSPS) is 14.2. The third kappa shape index (κ3) is 5.21. The quantitative estimate of drug-likeness (QED) is 0.823. The van der Waals surface area contributed by atoms with Gasteiger partial charge in [-0.2, -0.15) is 0 Å². The lowest BCUT2D eigenvalue weighted by Gasteiger charge is -2.24. The van der Waals surface area contributed by atoms with Crippen LogP contribution in [0.1, 0.15) is 31.2 Å². The number of amides is 1. The third-order valence-electron chi connectivity index (χ3n) is 2.35. The van der Waals surface area contributed by atoms with E-state index in [1.807, 2.05) is 6.07 Å². The highest BCUT2D eigenvalue weighted by atomic mass is 79.9. The molecule has 1 amide bonds. The largest absolute Gasteiger partial charge is 0.480 e. The van der Waals surface area contributed by atoms with Crippen LogP contribution in [0.25, 0.3) is 0 Å². The van der Waals surface area contributed by atoms with E-state index < -0.39 is 28.5 Å². The van der Waals surface area contributed by atoms with E-state index in [4.69, 9.17) is 4.74 Å². The van der Waals surface area contributed by atoms with Crippen molar-refractivity contribution in [2.24, 2.45) is 0 Å². The Balaban J connectivity index is 2.80. The number of alkyl carbamates (subject to hydrolysis) is 1. The summed E-state index contributed by atoms with van der Waals surface area (Å²) in [7, 11) is 0. The lowest BCUT2D eigenvalue weighted by Crippen LogP contribution is -2.45. The second-order valence-electron chi connectivity index (χ2n) is 5.27. The number of hydrogen-bond acceptors (Lipinski definition) is 3. The molecule has 0 aromatic heterocycles. The highest BCUT2D eigenvalue weighted by molar-refractivity contribution is 9.09. The molecular weight excluding hydrogens is 326 g/mol. The molecule has 0 saturated carbocycles. The fourth-order valence-electron chi connectivity index (χ4n) is 1.52. The average molecular weight is 344 g/mol. The van der Waals surface area contributed by atoms with Gasteiger partial charge in [-0.05, 0) is 26.3 Å². The lowest BCUT2D eigenvalue weighted by molar-refractivity contribution is -0.139. The molecule has 0 fully saturated rings. The molecule has 1 unspecified atom stereocenters. The first-order chi connectivity index (χ1) is 9.20. The molecule has 2 atom stereocenters. The minimum atomic E-state index is -1.14. The number of carbonyl (C=O) groups excluding carboxylic acids is 1. The van der Waals surface area contributed by atoms with Gasteiger partial charge in [-0.15, -0.1) is 0 Å². The second kappa shape index (κ2) is 6.74. The van der Waals surface area contributed by atoms with Crippen LogP contribution < -0.4 is 5.32 Å². The summed E-state index contributed by atoms with van der Waals surface area (Å²) in [6.45, 7) is 5.14. The van der Waals surface area contributed by atoms with Crippen LogP contribution in [0.4, 0.5) is 4.79 Å². The minimum absolute atomic E-state index is 0.547. The van der Waals surface area contributed by atoms with Gasteiger partial charge in [0.05, 0.1) is 4.83 Å². The van der Waals surface area contributed by atoms with Gasteiger partial charge in [0.1, 0.15) is 11.6 Å². The smallest absolute Gasteiger partial charge is 0.408 e. The van der Waals surface area contributed by atoms with Gasteiger partial charge < -0.3 is 15.2 Å². The SMILES string of the molecule is CC(C)(C)OC(=O)N[C@@H](C(=O)O)C(Br)c1ccccc1. The first-order valence-corrected chi connectivity index (χ1v) is 7.03. The van der Waals surface area contributed by atoms with E-state index in [1.165, 1.54) is 0 Å². The summed E-state index contributed by atoms with van der Waals surface area (Å²) in [5, 5.41) is 11.6. The molecule has 6 heteroatoms. The fraction of sp³-hybridized carbons (Fsp3) is 0.429. The molecule has 0 saturated heterocycles. The van der Waals surface area contributed by atoms with Crippen LogP contribution >= 0.6 is 15.9 Å². The predicted octanol–water partition coefficient (Wildman–Crippen LogP) is 3.10. The first-order valence-electron chi connectivity index (χ1n) is 6.12. The Morgan fingerprint density at radius 3 is 2.25 bits per heavy atom. The van der Waals surface area contributed by atoms with Crippen molar-refractivity contribution in [3.63, 3.8) is 0 Å². The number of carboxylic acid groups (broad SMARTS) is 1. The summed E-state index contributed by atoms with van der Waals surface area (Å²) in [5.74, 6) is -1.14. The van der Waals surface area contributed by atoms with E-state index in [1.54, 1.807) is 45.0 Å².